The summed E-state index contributed by atoms with van der Waals surface area (Å²) in [6.45, 7) is 0.786. The van der Waals surface area contributed by atoms with Crippen LogP contribution < -0.4 is 10.2 Å². The third-order valence-corrected chi connectivity index (χ3v) is 4.13. The summed E-state index contributed by atoms with van der Waals surface area (Å²) >= 11 is 0. The van der Waals surface area contributed by atoms with E-state index in [1.165, 1.54) is 17.0 Å². The topological polar surface area (TPSA) is 55.8 Å². The summed E-state index contributed by atoms with van der Waals surface area (Å²) in [6.07, 6.45) is -3.03. The van der Waals surface area contributed by atoms with Crippen LogP contribution in [0.5, 0.6) is 0 Å². The Morgan fingerprint density at radius 1 is 1.42 bits per heavy atom. The maximum atomic E-state index is 13.3. The van der Waals surface area contributed by atoms with Gasteiger partial charge in [0.2, 0.25) is 0 Å². The number of nitrogens with zero attached hydrogens (tertiary/aromatic N) is 2. The number of aliphatic hydroxyl groups is 1. The SMILES string of the molecule is CN(C)c1ccc(NC(=O)N2CCCC(CO)C2)c(C(F)(F)F)c1. The van der Waals surface area contributed by atoms with Gasteiger partial charge in [-0.3, -0.25) is 0 Å². The molecule has 1 aliphatic rings. The second-order valence-electron chi connectivity index (χ2n) is 6.19. The Balaban J connectivity index is 2.20. The highest BCUT2D eigenvalue weighted by Gasteiger charge is 2.35. The molecule has 5 nitrogen and oxygen atoms in total. The van der Waals surface area contributed by atoms with E-state index in [1.807, 2.05) is 0 Å². The summed E-state index contributed by atoms with van der Waals surface area (Å²) in [4.78, 5) is 15.3. The summed E-state index contributed by atoms with van der Waals surface area (Å²) < 4.78 is 39.9. The summed E-state index contributed by atoms with van der Waals surface area (Å²) in [5.74, 6) is -0.0253. The average Bonchev–Trinajstić information content (AvgIpc) is 2.54. The van der Waals surface area contributed by atoms with Gasteiger partial charge in [0, 0.05) is 39.5 Å². The summed E-state index contributed by atoms with van der Waals surface area (Å²) in [7, 11) is 3.30. The lowest BCUT2D eigenvalue weighted by Crippen LogP contribution is -2.43. The molecule has 1 aromatic carbocycles. The molecule has 1 saturated heterocycles. The van der Waals surface area contributed by atoms with Crippen molar-refractivity contribution in [3.05, 3.63) is 23.8 Å². The first-order valence-corrected chi connectivity index (χ1v) is 7.77. The van der Waals surface area contributed by atoms with Crippen molar-refractivity contribution in [2.45, 2.75) is 19.0 Å². The van der Waals surface area contributed by atoms with Gasteiger partial charge in [0.25, 0.3) is 0 Å². The van der Waals surface area contributed by atoms with Gasteiger partial charge in [-0.05, 0) is 37.0 Å². The van der Waals surface area contributed by atoms with Crippen LogP contribution in [-0.2, 0) is 6.18 Å². The molecule has 1 aliphatic heterocycles. The molecule has 2 rings (SSSR count). The molecule has 0 bridgehead atoms. The number of benzene rings is 1. The predicted octanol–water partition coefficient (Wildman–Crippen LogP) is 3.01. The molecule has 0 spiro atoms. The zero-order valence-corrected chi connectivity index (χ0v) is 13.7. The first-order valence-electron chi connectivity index (χ1n) is 7.77. The van der Waals surface area contributed by atoms with Gasteiger partial charge in [0.15, 0.2) is 0 Å². The van der Waals surface area contributed by atoms with E-state index in [0.717, 1.165) is 18.9 Å². The first kappa shape index (κ1) is 18.4. The zero-order valence-electron chi connectivity index (χ0n) is 13.7. The first-order chi connectivity index (χ1) is 11.2. The minimum absolute atomic E-state index is 0.0253. The molecule has 1 unspecified atom stereocenters. The summed E-state index contributed by atoms with van der Waals surface area (Å²) in [5.41, 5.74) is -0.736. The van der Waals surface area contributed by atoms with Crippen molar-refractivity contribution in [2.75, 3.05) is 44.0 Å². The predicted molar refractivity (Wildman–Crippen MR) is 86.2 cm³/mol. The minimum Gasteiger partial charge on any atom is -0.396 e. The van der Waals surface area contributed by atoms with E-state index in [1.54, 1.807) is 19.0 Å². The van der Waals surface area contributed by atoms with Crippen molar-refractivity contribution < 1.29 is 23.1 Å². The number of alkyl halides is 3. The van der Waals surface area contributed by atoms with Crippen LogP contribution in [0.4, 0.5) is 29.3 Å². The lowest BCUT2D eigenvalue weighted by atomic mass is 9.99. The smallest absolute Gasteiger partial charge is 0.396 e. The lowest BCUT2D eigenvalue weighted by molar-refractivity contribution is -0.136. The molecule has 2 N–H and O–H groups in total. The maximum absolute atomic E-state index is 13.3. The van der Waals surface area contributed by atoms with Crippen LogP contribution in [-0.4, -0.2) is 49.8 Å². The zero-order chi connectivity index (χ0) is 17.9. The third kappa shape index (κ3) is 4.31. The Kier molecular flexibility index (Phi) is 5.58. The number of hydrogen-bond acceptors (Lipinski definition) is 3. The number of likely N-dealkylation sites (tertiary alicyclic amines) is 1. The fraction of sp³-hybridized carbons (Fsp3) is 0.562. The van der Waals surface area contributed by atoms with Crippen molar-refractivity contribution in [1.29, 1.82) is 0 Å². The Morgan fingerprint density at radius 3 is 2.71 bits per heavy atom. The van der Waals surface area contributed by atoms with Gasteiger partial charge in [0.05, 0.1) is 11.3 Å². The minimum atomic E-state index is -4.57. The van der Waals surface area contributed by atoms with Gasteiger partial charge in [-0.1, -0.05) is 0 Å². The normalized spacial score (nSPS) is 18.4. The van der Waals surface area contributed by atoms with Gasteiger partial charge < -0.3 is 20.2 Å². The average molecular weight is 345 g/mol. The summed E-state index contributed by atoms with van der Waals surface area (Å²) in [5, 5.41) is 11.6. The van der Waals surface area contributed by atoms with E-state index >= 15 is 0 Å². The van der Waals surface area contributed by atoms with Crippen LogP contribution in [0.2, 0.25) is 0 Å². The van der Waals surface area contributed by atoms with Crippen LogP contribution in [0.15, 0.2) is 18.2 Å². The van der Waals surface area contributed by atoms with Gasteiger partial charge >= 0.3 is 12.2 Å². The number of hydrogen-bond donors (Lipinski definition) is 2. The molecule has 1 aromatic rings. The van der Waals surface area contributed by atoms with Crippen LogP contribution in [0, 0.1) is 5.92 Å². The van der Waals surface area contributed by atoms with E-state index in [2.05, 4.69) is 5.32 Å². The fourth-order valence-corrected chi connectivity index (χ4v) is 2.75. The highest BCUT2D eigenvalue weighted by Crippen LogP contribution is 2.37. The third-order valence-electron chi connectivity index (χ3n) is 4.13. The van der Waals surface area contributed by atoms with Crippen molar-refractivity contribution in [3.63, 3.8) is 0 Å². The molecular formula is C16H22F3N3O2. The Hall–Kier alpha value is -1.96. The standard InChI is InChI=1S/C16H22F3N3O2/c1-21(2)12-5-6-14(13(8-12)16(17,18)19)20-15(24)22-7-3-4-11(9-22)10-23/h5-6,8,11,23H,3-4,7,9-10H2,1-2H3,(H,20,24). The Morgan fingerprint density at radius 2 is 2.12 bits per heavy atom. The van der Waals surface area contributed by atoms with Crippen LogP contribution in [0.1, 0.15) is 18.4 Å². The number of piperidine rings is 1. The second kappa shape index (κ2) is 7.29. The van der Waals surface area contributed by atoms with Crippen molar-refractivity contribution >= 4 is 17.4 Å². The molecule has 0 aliphatic carbocycles. The number of aliphatic hydroxyl groups excluding tert-OH is 1. The van der Waals surface area contributed by atoms with Crippen LogP contribution in [0.25, 0.3) is 0 Å². The van der Waals surface area contributed by atoms with E-state index in [0.29, 0.717) is 18.8 Å². The van der Waals surface area contributed by atoms with Gasteiger partial charge in [-0.25, -0.2) is 4.79 Å². The molecule has 0 radical (unpaired) electrons. The molecule has 0 saturated carbocycles. The summed E-state index contributed by atoms with van der Waals surface area (Å²) in [6, 6.07) is 3.24. The fourth-order valence-electron chi connectivity index (χ4n) is 2.75. The molecule has 24 heavy (non-hydrogen) atoms. The molecular weight excluding hydrogens is 323 g/mol. The molecule has 8 heteroatoms. The number of nitrogens with one attached hydrogen (secondary N) is 1. The van der Waals surface area contributed by atoms with E-state index in [9.17, 15) is 23.1 Å². The number of halogens is 3. The molecule has 1 heterocycles. The highest BCUT2D eigenvalue weighted by atomic mass is 19.4. The molecule has 1 atom stereocenters. The van der Waals surface area contributed by atoms with Crippen molar-refractivity contribution in [1.82, 2.24) is 4.90 Å². The highest BCUT2D eigenvalue weighted by molar-refractivity contribution is 5.90. The number of anilines is 2. The molecule has 0 aromatic heterocycles. The number of carbonyl (C=O) groups excluding carboxylic acids is 1. The van der Waals surface area contributed by atoms with E-state index < -0.39 is 17.8 Å². The van der Waals surface area contributed by atoms with Crippen molar-refractivity contribution in [2.24, 2.45) is 5.92 Å². The number of carbonyl (C=O) groups is 1. The lowest BCUT2D eigenvalue weighted by Gasteiger charge is -2.32. The van der Waals surface area contributed by atoms with Crippen LogP contribution in [0.3, 0.4) is 0 Å². The quantitative estimate of drug-likeness (QED) is 0.885. The van der Waals surface area contributed by atoms with Crippen LogP contribution >= 0.6 is 0 Å². The number of amides is 2. The van der Waals surface area contributed by atoms with E-state index in [4.69, 9.17) is 0 Å². The largest absolute Gasteiger partial charge is 0.418 e. The van der Waals surface area contributed by atoms with E-state index in [-0.39, 0.29) is 18.2 Å². The second-order valence-corrected chi connectivity index (χ2v) is 6.19. The number of urea groups is 1. The molecule has 2 amide bonds. The van der Waals surface area contributed by atoms with Gasteiger partial charge in [0.1, 0.15) is 0 Å². The van der Waals surface area contributed by atoms with Crippen molar-refractivity contribution in [3.8, 4) is 0 Å². The Bertz CT molecular complexity index is 590. The Labute approximate surface area is 139 Å². The molecule has 1 fully saturated rings. The van der Waals surface area contributed by atoms with Gasteiger partial charge in [-0.15, -0.1) is 0 Å². The molecule has 134 valence electrons. The van der Waals surface area contributed by atoms with Gasteiger partial charge in [-0.2, -0.15) is 13.2 Å². The number of rotatable bonds is 3. The maximum Gasteiger partial charge on any atom is 0.418 e. The monoisotopic (exact) mass is 345 g/mol.